The topological polar surface area (TPSA) is 51.2 Å². The van der Waals surface area contributed by atoms with Gasteiger partial charge in [-0.05, 0) is 78.2 Å². The van der Waals surface area contributed by atoms with Crippen molar-refractivity contribution in [2.45, 2.75) is 20.0 Å². The molecule has 0 aliphatic carbocycles. The maximum absolute atomic E-state index is 12.7. The first-order chi connectivity index (χ1) is 13.6. The van der Waals surface area contributed by atoms with Crippen LogP contribution in [0.25, 0.3) is 22.0 Å². The average molecular weight is 388 g/mol. The van der Waals surface area contributed by atoms with Crippen LogP contribution in [0.15, 0.2) is 71.6 Å². The van der Waals surface area contributed by atoms with Crippen molar-refractivity contribution in [2.75, 3.05) is 5.32 Å². The van der Waals surface area contributed by atoms with Crippen LogP contribution in [0.5, 0.6) is 5.75 Å². The molecule has 0 bridgehead atoms. The summed E-state index contributed by atoms with van der Waals surface area (Å²) in [4.78, 5) is 17.2. The SMILES string of the molecule is CC(C)Oc1ccc(C(=O)Nc2cccc3c(-c4ccsc4)ccnc23)cc1. The molecule has 1 N–H and O–H groups in total. The van der Waals surface area contributed by atoms with Gasteiger partial charge in [0.2, 0.25) is 0 Å². The van der Waals surface area contributed by atoms with Crippen molar-refractivity contribution >= 4 is 33.8 Å². The summed E-state index contributed by atoms with van der Waals surface area (Å²) >= 11 is 1.66. The number of thiophene rings is 1. The minimum Gasteiger partial charge on any atom is -0.491 e. The predicted molar refractivity (Wildman–Crippen MR) is 115 cm³/mol. The van der Waals surface area contributed by atoms with Crippen molar-refractivity contribution in [3.8, 4) is 16.9 Å². The number of nitrogens with one attached hydrogen (secondary N) is 1. The van der Waals surface area contributed by atoms with Gasteiger partial charge in [-0.1, -0.05) is 12.1 Å². The van der Waals surface area contributed by atoms with Gasteiger partial charge in [-0.3, -0.25) is 9.78 Å². The molecule has 4 rings (SSSR count). The van der Waals surface area contributed by atoms with Crippen LogP contribution < -0.4 is 10.1 Å². The van der Waals surface area contributed by atoms with Gasteiger partial charge in [0.05, 0.1) is 17.3 Å². The molecule has 2 aromatic carbocycles. The molecule has 0 aliphatic rings. The number of ether oxygens (including phenoxy) is 1. The second kappa shape index (κ2) is 7.82. The van der Waals surface area contributed by atoms with Crippen LogP contribution in [0.2, 0.25) is 0 Å². The highest BCUT2D eigenvalue weighted by atomic mass is 32.1. The number of hydrogen-bond donors (Lipinski definition) is 1. The van der Waals surface area contributed by atoms with E-state index in [2.05, 4.69) is 27.1 Å². The highest BCUT2D eigenvalue weighted by Gasteiger charge is 2.12. The molecule has 0 unspecified atom stereocenters. The van der Waals surface area contributed by atoms with Crippen molar-refractivity contribution in [3.05, 3.63) is 77.1 Å². The zero-order valence-corrected chi connectivity index (χ0v) is 16.5. The summed E-state index contributed by atoms with van der Waals surface area (Å²) in [5.74, 6) is 0.574. The van der Waals surface area contributed by atoms with Gasteiger partial charge in [0.1, 0.15) is 5.75 Å². The largest absolute Gasteiger partial charge is 0.491 e. The molecule has 1 amide bonds. The van der Waals surface area contributed by atoms with E-state index in [4.69, 9.17) is 4.74 Å². The van der Waals surface area contributed by atoms with E-state index in [-0.39, 0.29) is 12.0 Å². The number of pyridine rings is 1. The molecule has 2 aromatic heterocycles. The Kier molecular flexibility index (Phi) is 5.08. The van der Waals surface area contributed by atoms with Crippen LogP contribution in [-0.4, -0.2) is 17.0 Å². The van der Waals surface area contributed by atoms with Gasteiger partial charge < -0.3 is 10.1 Å². The summed E-state index contributed by atoms with van der Waals surface area (Å²) in [6.45, 7) is 3.94. The molecule has 0 saturated carbocycles. The fourth-order valence-electron chi connectivity index (χ4n) is 3.10. The second-order valence-corrected chi connectivity index (χ2v) is 7.50. The molecule has 140 valence electrons. The first kappa shape index (κ1) is 18.2. The zero-order chi connectivity index (χ0) is 19.5. The molecule has 4 aromatic rings. The Bertz CT molecular complexity index is 1100. The Balaban J connectivity index is 1.63. The van der Waals surface area contributed by atoms with Crippen molar-refractivity contribution in [1.29, 1.82) is 0 Å². The number of anilines is 1. The van der Waals surface area contributed by atoms with Crippen LogP contribution in [0.4, 0.5) is 5.69 Å². The third-order valence-electron chi connectivity index (χ3n) is 4.34. The summed E-state index contributed by atoms with van der Waals surface area (Å²) in [5.41, 5.74) is 4.31. The quantitative estimate of drug-likeness (QED) is 0.456. The molecular weight excluding hydrogens is 368 g/mol. The van der Waals surface area contributed by atoms with Gasteiger partial charge >= 0.3 is 0 Å². The summed E-state index contributed by atoms with van der Waals surface area (Å²) < 4.78 is 5.63. The fourth-order valence-corrected chi connectivity index (χ4v) is 3.75. The van der Waals surface area contributed by atoms with E-state index in [1.165, 1.54) is 0 Å². The van der Waals surface area contributed by atoms with Gasteiger partial charge in [0.15, 0.2) is 0 Å². The molecule has 4 nitrogen and oxygen atoms in total. The first-order valence-corrected chi connectivity index (χ1v) is 10.0. The first-order valence-electron chi connectivity index (χ1n) is 9.10. The minimum absolute atomic E-state index is 0.0962. The molecule has 28 heavy (non-hydrogen) atoms. The van der Waals surface area contributed by atoms with Crippen molar-refractivity contribution < 1.29 is 9.53 Å². The predicted octanol–water partition coefficient (Wildman–Crippen LogP) is 6.00. The Morgan fingerprint density at radius 1 is 1.07 bits per heavy atom. The van der Waals surface area contributed by atoms with E-state index >= 15 is 0 Å². The number of para-hydroxylation sites is 1. The maximum atomic E-state index is 12.7. The molecule has 5 heteroatoms. The van der Waals surface area contributed by atoms with Gasteiger partial charge in [-0.15, -0.1) is 0 Å². The van der Waals surface area contributed by atoms with Crippen molar-refractivity contribution in [3.63, 3.8) is 0 Å². The molecule has 0 saturated heterocycles. The second-order valence-electron chi connectivity index (χ2n) is 6.72. The lowest BCUT2D eigenvalue weighted by Crippen LogP contribution is -2.12. The fraction of sp³-hybridized carbons (Fsp3) is 0.130. The number of aromatic nitrogens is 1. The number of rotatable bonds is 5. The molecule has 0 atom stereocenters. The standard InChI is InChI=1S/C23H20N2O2S/c1-15(2)27-18-8-6-16(7-9-18)23(26)25-21-5-3-4-20-19(10-12-24-22(20)21)17-11-13-28-14-17/h3-15H,1-2H3,(H,25,26). The number of carbonyl (C=O) groups is 1. The number of fused-ring (bicyclic) bond motifs is 1. The highest BCUT2D eigenvalue weighted by Crippen LogP contribution is 2.32. The summed E-state index contributed by atoms with van der Waals surface area (Å²) in [6, 6.07) is 17.1. The lowest BCUT2D eigenvalue weighted by Gasteiger charge is -2.12. The molecule has 0 aliphatic heterocycles. The Morgan fingerprint density at radius 2 is 1.89 bits per heavy atom. The van der Waals surface area contributed by atoms with Gasteiger partial charge in [-0.25, -0.2) is 0 Å². The third kappa shape index (κ3) is 3.75. The van der Waals surface area contributed by atoms with E-state index in [1.807, 2.05) is 50.2 Å². The van der Waals surface area contributed by atoms with E-state index in [9.17, 15) is 4.79 Å². The maximum Gasteiger partial charge on any atom is 0.255 e. The van der Waals surface area contributed by atoms with E-state index in [0.29, 0.717) is 11.3 Å². The Labute approximate surface area is 167 Å². The molecule has 0 radical (unpaired) electrons. The number of nitrogens with zero attached hydrogens (tertiary/aromatic N) is 1. The summed E-state index contributed by atoms with van der Waals surface area (Å²) in [6.07, 6.45) is 1.88. The van der Waals surface area contributed by atoms with Crippen LogP contribution in [0.3, 0.4) is 0 Å². The van der Waals surface area contributed by atoms with Crippen LogP contribution in [-0.2, 0) is 0 Å². The van der Waals surface area contributed by atoms with E-state index in [0.717, 1.165) is 27.8 Å². The molecule has 0 spiro atoms. The van der Waals surface area contributed by atoms with Gasteiger partial charge in [0.25, 0.3) is 5.91 Å². The number of carbonyl (C=O) groups excluding carboxylic acids is 1. The third-order valence-corrected chi connectivity index (χ3v) is 5.02. The lowest BCUT2D eigenvalue weighted by molar-refractivity contribution is 0.102. The summed E-state index contributed by atoms with van der Waals surface area (Å²) in [7, 11) is 0. The normalized spacial score (nSPS) is 11.0. The Morgan fingerprint density at radius 3 is 2.61 bits per heavy atom. The highest BCUT2D eigenvalue weighted by molar-refractivity contribution is 7.08. The van der Waals surface area contributed by atoms with Crippen molar-refractivity contribution in [2.24, 2.45) is 0 Å². The number of benzene rings is 2. The van der Waals surface area contributed by atoms with Gasteiger partial charge in [-0.2, -0.15) is 11.3 Å². The number of hydrogen-bond acceptors (Lipinski definition) is 4. The van der Waals surface area contributed by atoms with Crippen LogP contribution >= 0.6 is 11.3 Å². The molecule has 2 heterocycles. The van der Waals surface area contributed by atoms with E-state index in [1.54, 1.807) is 29.7 Å². The number of amides is 1. The van der Waals surface area contributed by atoms with Crippen LogP contribution in [0, 0.1) is 0 Å². The minimum atomic E-state index is -0.175. The average Bonchev–Trinajstić information content (AvgIpc) is 3.22. The van der Waals surface area contributed by atoms with Crippen LogP contribution in [0.1, 0.15) is 24.2 Å². The zero-order valence-electron chi connectivity index (χ0n) is 15.7. The Hall–Kier alpha value is -3.18. The molecule has 0 fully saturated rings. The summed E-state index contributed by atoms with van der Waals surface area (Å²) in [5, 5.41) is 8.17. The lowest BCUT2D eigenvalue weighted by atomic mass is 10.0. The molecular formula is C23H20N2O2S. The van der Waals surface area contributed by atoms with E-state index < -0.39 is 0 Å². The van der Waals surface area contributed by atoms with Crippen molar-refractivity contribution in [1.82, 2.24) is 4.98 Å². The smallest absolute Gasteiger partial charge is 0.255 e. The van der Waals surface area contributed by atoms with Gasteiger partial charge in [0, 0.05) is 17.1 Å². The monoisotopic (exact) mass is 388 g/mol.